The monoisotopic (exact) mass is 424 g/mol. The molecule has 8 nitrogen and oxygen atoms in total. The summed E-state index contributed by atoms with van der Waals surface area (Å²) in [5.74, 6) is 2.13. The molecular formula is C21H20N4O4S. The predicted molar refractivity (Wildman–Crippen MR) is 115 cm³/mol. The summed E-state index contributed by atoms with van der Waals surface area (Å²) in [5.41, 5.74) is 1.69. The molecule has 30 heavy (non-hydrogen) atoms. The normalized spacial score (nSPS) is 15.0. The van der Waals surface area contributed by atoms with Crippen LogP contribution < -0.4 is 19.7 Å². The molecule has 0 spiro atoms. The van der Waals surface area contributed by atoms with Gasteiger partial charge in [0.25, 0.3) is 5.91 Å². The molecule has 1 N–H and O–H groups in total. The number of carbonyl (C=O) groups is 1. The van der Waals surface area contributed by atoms with Gasteiger partial charge in [0.1, 0.15) is 23.8 Å². The van der Waals surface area contributed by atoms with E-state index in [1.807, 2.05) is 31.2 Å². The number of aryl methyl sites for hydroxylation is 2. The fourth-order valence-corrected chi connectivity index (χ4v) is 3.43. The van der Waals surface area contributed by atoms with E-state index in [1.165, 1.54) is 4.90 Å². The van der Waals surface area contributed by atoms with Crippen LogP contribution in [-0.2, 0) is 18.4 Å². The minimum atomic E-state index is -0.265. The first-order valence-corrected chi connectivity index (χ1v) is 9.59. The van der Waals surface area contributed by atoms with Gasteiger partial charge in [-0.05, 0) is 43.4 Å². The number of nitrogens with zero attached hydrogens (tertiary/aromatic N) is 3. The molecule has 0 bridgehead atoms. The Morgan fingerprint density at radius 2 is 2.00 bits per heavy atom. The largest absolute Gasteiger partial charge is 0.493 e. The minimum absolute atomic E-state index is 0.227. The Hall–Kier alpha value is -3.59. The summed E-state index contributed by atoms with van der Waals surface area (Å²) in [4.78, 5) is 14.3. The molecule has 1 fully saturated rings. The minimum Gasteiger partial charge on any atom is -0.493 e. The fraction of sp³-hybridized carbons (Fsp3) is 0.190. The van der Waals surface area contributed by atoms with E-state index in [0.717, 1.165) is 0 Å². The number of para-hydroxylation sites is 2. The van der Waals surface area contributed by atoms with E-state index >= 15 is 0 Å². The van der Waals surface area contributed by atoms with Crippen molar-refractivity contribution in [2.75, 3.05) is 12.0 Å². The summed E-state index contributed by atoms with van der Waals surface area (Å²) >= 11 is 5.34. The molecule has 0 radical (unpaired) electrons. The van der Waals surface area contributed by atoms with Gasteiger partial charge in [0, 0.05) is 19.3 Å². The lowest BCUT2D eigenvalue weighted by atomic mass is 10.3. The van der Waals surface area contributed by atoms with Gasteiger partial charge in [0.2, 0.25) is 0 Å². The Bertz CT molecular complexity index is 1150. The first-order chi connectivity index (χ1) is 14.5. The van der Waals surface area contributed by atoms with Gasteiger partial charge >= 0.3 is 0 Å². The number of hydrogen-bond donors (Lipinski definition) is 1. The third-order valence-corrected chi connectivity index (χ3v) is 4.80. The van der Waals surface area contributed by atoms with Gasteiger partial charge in [0.15, 0.2) is 16.6 Å². The maximum absolute atomic E-state index is 12.9. The van der Waals surface area contributed by atoms with Crippen molar-refractivity contribution >= 4 is 35.0 Å². The van der Waals surface area contributed by atoms with Crippen molar-refractivity contribution in [2.24, 2.45) is 7.05 Å². The fourth-order valence-electron chi connectivity index (χ4n) is 3.14. The summed E-state index contributed by atoms with van der Waals surface area (Å²) < 4.78 is 18.5. The lowest BCUT2D eigenvalue weighted by Gasteiger charge is -2.11. The van der Waals surface area contributed by atoms with Gasteiger partial charge in [-0.1, -0.05) is 12.1 Å². The molecule has 154 valence electrons. The van der Waals surface area contributed by atoms with Gasteiger partial charge in [-0.3, -0.25) is 9.48 Å². The van der Waals surface area contributed by atoms with Crippen molar-refractivity contribution in [3.8, 4) is 11.5 Å². The highest BCUT2D eigenvalue weighted by molar-refractivity contribution is 7.80. The van der Waals surface area contributed by atoms with Crippen LogP contribution in [0.2, 0.25) is 0 Å². The van der Waals surface area contributed by atoms with Crippen LogP contribution in [0.4, 0.5) is 5.69 Å². The molecule has 9 heteroatoms. The maximum atomic E-state index is 12.9. The van der Waals surface area contributed by atoms with Gasteiger partial charge < -0.3 is 19.2 Å². The number of methoxy groups -OCH3 is 1. The third-order valence-electron chi connectivity index (χ3n) is 4.51. The molecule has 0 unspecified atom stereocenters. The van der Waals surface area contributed by atoms with Crippen molar-refractivity contribution in [1.29, 1.82) is 0 Å². The van der Waals surface area contributed by atoms with Crippen molar-refractivity contribution in [3.63, 3.8) is 0 Å². The number of anilines is 1. The lowest BCUT2D eigenvalue weighted by Crippen LogP contribution is -2.30. The molecule has 0 atom stereocenters. The maximum Gasteiger partial charge on any atom is 0.281 e. The van der Waals surface area contributed by atoms with Gasteiger partial charge in [-0.25, -0.2) is 4.90 Å². The van der Waals surface area contributed by atoms with Crippen LogP contribution in [0.1, 0.15) is 17.2 Å². The van der Waals surface area contributed by atoms with Gasteiger partial charge in [-0.2, -0.15) is 5.10 Å². The van der Waals surface area contributed by atoms with Crippen LogP contribution in [-0.4, -0.2) is 27.9 Å². The zero-order chi connectivity index (χ0) is 21.3. The molecule has 4 rings (SSSR count). The van der Waals surface area contributed by atoms with E-state index in [4.69, 9.17) is 26.1 Å². The molecule has 2 aromatic heterocycles. The summed E-state index contributed by atoms with van der Waals surface area (Å²) in [6, 6.07) is 10.9. The number of amides is 1. The highest BCUT2D eigenvalue weighted by Gasteiger charge is 2.34. The molecule has 1 aliphatic heterocycles. The van der Waals surface area contributed by atoms with Gasteiger partial charge in [-0.15, -0.1) is 0 Å². The summed E-state index contributed by atoms with van der Waals surface area (Å²) in [6.07, 6.45) is 3.37. The van der Waals surface area contributed by atoms with Gasteiger partial charge in [0.05, 0.1) is 18.5 Å². The molecule has 1 amide bonds. The predicted octanol–water partition coefficient (Wildman–Crippen LogP) is 3.17. The number of rotatable bonds is 6. The summed E-state index contributed by atoms with van der Waals surface area (Å²) in [6.45, 7) is 2.05. The van der Waals surface area contributed by atoms with E-state index in [-0.39, 0.29) is 12.5 Å². The second-order valence-electron chi connectivity index (χ2n) is 6.65. The molecule has 0 saturated carbocycles. The number of hydrogen-bond acceptors (Lipinski definition) is 6. The average molecular weight is 424 g/mol. The Labute approximate surface area is 178 Å². The molecule has 0 aliphatic carbocycles. The van der Waals surface area contributed by atoms with Crippen molar-refractivity contribution in [3.05, 3.63) is 65.5 Å². The quantitative estimate of drug-likeness (QED) is 0.481. The highest BCUT2D eigenvalue weighted by Crippen LogP contribution is 2.28. The Morgan fingerprint density at radius 1 is 1.23 bits per heavy atom. The first-order valence-electron chi connectivity index (χ1n) is 9.18. The molecule has 3 aromatic rings. The van der Waals surface area contributed by atoms with Crippen LogP contribution >= 0.6 is 12.2 Å². The third kappa shape index (κ3) is 3.79. The number of thiocarbonyl (C=S) groups is 1. The Balaban J connectivity index is 1.48. The standard InChI is InChI=1S/C21H20N4O4S/c1-13-17(11-24(2)23-13)25-20(26)16(22-21(25)30)10-14-8-9-15(29-14)12-28-19-7-5-4-6-18(19)27-3/h4-11H,12H2,1-3H3,(H,22,30)/b16-10+. The highest BCUT2D eigenvalue weighted by atomic mass is 32.1. The zero-order valence-electron chi connectivity index (χ0n) is 16.7. The van der Waals surface area contributed by atoms with E-state index in [9.17, 15) is 4.79 Å². The van der Waals surface area contributed by atoms with Crippen molar-refractivity contribution in [1.82, 2.24) is 15.1 Å². The number of nitrogens with one attached hydrogen (secondary N) is 1. The second-order valence-corrected chi connectivity index (χ2v) is 7.03. The Kier molecular flexibility index (Phi) is 5.28. The SMILES string of the molecule is COc1ccccc1OCc1ccc(/C=C2/NC(=S)N(c3cn(C)nc3C)C2=O)o1. The molecule has 1 aromatic carbocycles. The second kappa shape index (κ2) is 8.03. The number of aromatic nitrogens is 2. The van der Waals surface area contributed by atoms with Crippen molar-refractivity contribution in [2.45, 2.75) is 13.5 Å². The van der Waals surface area contributed by atoms with Crippen molar-refractivity contribution < 1.29 is 18.7 Å². The molecular weight excluding hydrogens is 404 g/mol. The summed E-state index contributed by atoms with van der Waals surface area (Å²) in [5, 5.41) is 7.51. The first kappa shape index (κ1) is 19.7. The molecule has 1 saturated heterocycles. The average Bonchev–Trinajstić information content (AvgIpc) is 3.38. The van der Waals surface area contributed by atoms with Crippen LogP contribution in [0.25, 0.3) is 6.08 Å². The number of furan rings is 1. The lowest BCUT2D eigenvalue weighted by molar-refractivity contribution is -0.113. The number of carbonyl (C=O) groups excluding carboxylic acids is 1. The number of benzene rings is 1. The van der Waals surface area contributed by atoms with E-state index < -0.39 is 0 Å². The summed E-state index contributed by atoms with van der Waals surface area (Å²) in [7, 11) is 3.38. The molecule has 1 aliphatic rings. The van der Waals surface area contributed by atoms with Crippen LogP contribution in [0.15, 0.2) is 52.7 Å². The van der Waals surface area contributed by atoms with E-state index in [1.54, 1.807) is 43.2 Å². The number of ether oxygens (including phenoxy) is 2. The molecule has 3 heterocycles. The van der Waals surface area contributed by atoms with Crippen LogP contribution in [0.5, 0.6) is 11.5 Å². The smallest absolute Gasteiger partial charge is 0.281 e. The Morgan fingerprint density at radius 3 is 2.70 bits per heavy atom. The van der Waals surface area contributed by atoms with Crippen LogP contribution in [0, 0.1) is 6.92 Å². The van der Waals surface area contributed by atoms with Crippen LogP contribution in [0.3, 0.4) is 0 Å². The van der Waals surface area contributed by atoms with E-state index in [2.05, 4.69) is 10.4 Å². The zero-order valence-corrected chi connectivity index (χ0v) is 17.5. The van der Waals surface area contributed by atoms with E-state index in [0.29, 0.717) is 45.2 Å². The topological polar surface area (TPSA) is 81.8 Å².